The van der Waals surface area contributed by atoms with E-state index in [0.29, 0.717) is 23.7 Å². The number of hydrogen-bond acceptors (Lipinski definition) is 4. The number of rotatable bonds is 5. The molecule has 1 heterocycles. The molecule has 0 radical (unpaired) electrons. The molecule has 1 aromatic carbocycles. The second-order valence-corrected chi connectivity index (χ2v) is 8.06. The summed E-state index contributed by atoms with van der Waals surface area (Å²) in [6.45, 7) is 3.98. The van der Waals surface area contributed by atoms with Gasteiger partial charge < -0.3 is 9.64 Å². The Bertz CT molecular complexity index is 629. The number of carbonyl (C=O) groups excluding carboxylic acids is 1. The first-order chi connectivity index (χ1) is 10.3. The fraction of sp³-hybridized carbons (Fsp3) is 0.533. The van der Waals surface area contributed by atoms with Crippen LogP contribution in [0.1, 0.15) is 20.3 Å². The van der Waals surface area contributed by atoms with Crippen LogP contribution in [0.25, 0.3) is 0 Å². The van der Waals surface area contributed by atoms with Crippen molar-refractivity contribution in [3.8, 4) is 5.75 Å². The number of likely N-dealkylation sites (N-methyl/N-ethyl adjacent to an activating group) is 1. The Morgan fingerprint density at radius 2 is 2.05 bits per heavy atom. The van der Waals surface area contributed by atoms with Gasteiger partial charge in [-0.05, 0) is 44.5 Å². The average Bonchev–Trinajstić information content (AvgIpc) is 2.82. The van der Waals surface area contributed by atoms with Crippen LogP contribution < -0.4 is 4.74 Å². The van der Waals surface area contributed by atoms with Crippen molar-refractivity contribution in [2.45, 2.75) is 32.4 Å². The summed E-state index contributed by atoms with van der Waals surface area (Å²) in [4.78, 5) is 14.1. The second-order valence-electron chi connectivity index (χ2n) is 5.40. The van der Waals surface area contributed by atoms with Crippen LogP contribution in [0.15, 0.2) is 24.3 Å². The highest BCUT2D eigenvalue weighted by molar-refractivity contribution is 7.91. The minimum Gasteiger partial charge on any atom is -0.481 e. The SMILES string of the molecule is CCN(C(=O)C(C)Oc1ccc(Cl)cc1)C1CCS(=O)(=O)C1. The molecule has 0 bridgehead atoms. The summed E-state index contributed by atoms with van der Waals surface area (Å²) >= 11 is 5.81. The van der Waals surface area contributed by atoms with Crippen LogP contribution in [0.5, 0.6) is 5.75 Å². The molecule has 0 aliphatic carbocycles. The highest BCUT2D eigenvalue weighted by Crippen LogP contribution is 2.21. The standard InChI is InChI=1S/C15H20ClNO4S/c1-3-17(13-8-9-22(19,20)10-13)15(18)11(2)21-14-6-4-12(16)5-7-14/h4-7,11,13H,3,8-10H2,1-2H3. The number of carbonyl (C=O) groups is 1. The van der Waals surface area contributed by atoms with E-state index in [4.69, 9.17) is 16.3 Å². The zero-order chi connectivity index (χ0) is 16.3. The minimum absolute atomic E-state index is 0.0419. The van der Waals surface area contributed by atoms with Gasteiger partial charge in [-0.1, -0.05) is 11.6 Å². The molecular formula is C15H20ClNO4S. The summed E-state index contributed by atoms with van der Waals surface area (Å²) in [5.74, 6) is 0.550. The molecule has 1 aromatic rings. The van der Waals surface area contributed by atoms with Crippen LogP contribution in [0.3, 0.4) is 0 Å². The van der Waals surface area contributed by atoms with Gasteiger partial charge in [-0.25, -0.2) is 8.42 Å². The first-order valence-electron chi connectivity index (χ1n) is 7.25. The maximum absolute atomic E-state index is 12.5. The first-order valence-corrected chi connectivity index (χ1v) is 9.45. The lowest BCUT2D eigenvalue weighted by atomic mass is 10.2. The topological polar surface area (TPSA) is 63.7 Å². The molecule has 7 heteroatoms. The summed E-state index contributed by atoms with van der Waals surface area (Å²) in [5.41, 5.74) is 0. The number of benzene rings is 1. The zero-order valence-corrected chi connectivity index (χ0v) is 14.2. The van der Waals surface area contributed by atoms with Crippen molar-refractivity contribution in [3.05, 3.63) is 29.3 Å². The molecule has 0 spiro atoms. The van der Waals surface area contributed by atoms with Crippen molar-refractivity contribution in [1.82, 2.24) is 4.90 Å². The Kier molecular flexibility index (Phi) is 5.34. The lowest BCUT2D eigenvalue weighted by Crippen LogP contribution is -2.46. The average molecular weight is 346 g/mol. The number of nitrogens with zero attached hydrogens (tertiary/aromatic N) is 1. The first kappa shape index (κ1) is 17.1. The lowest BCUT2D eigenvalue weighted by Gasteiger charge is -2.29. The van der Waals surface area contributed by atoms with E-state index in [-0.39, 0.29) is 23.5 Å². The van der Waals surface area contributed by atoms with E-state index in [0.717, 1.165) is 0 Å². The molecule has 2 atom stereocenters. The van der Waals surface area contributed by atoms with Gasteiger partial charge in [0, 0.05) is 17.6 Å². The number of halogens is 1. The molecule has 1 amide bonds. The summed E-state index contributed by atoms with van der Waals surface area (Å²) in [6, 6.07) is 6.52. The Morgan fingerprint density at radius 1 is 1.41 bits per heavy atom. The van der Waals surface area contributed by atoms with Crippen molar-refractivity contribution in [1.29, 1.82) is 0 Å². The second kappa shape index (κ2) is 6.87. The largest absolute Gasteiger partial charge is 0.481 e. The van der Waals surface area contributed by atoms with Gasteiger partial charge in [0.15, 0.2) is 15.9 Å². The van der Waals surface area contributed by atoms with Gasteiger partial charge in [-0.3, -0.25) is 4.79 Å². The molecule has 0 N–H and O–H groups in total. The third-order valence-corrected chi connectivity index (χ3v) is 5.75. The van der Waals surface area contributed by atoms with Crippen molar-refractivity contribution in [2.75, 3.05) is 18.1 Å². The predicted molar refractivity (Wildman–Crippen MR) is 86.0 cm³/mol. The van der Waals surface area contributed by atoms with Crippen molar-refractivity contribution in [2.24, 2.45) is 0 Å². The molecule has 22 heavy (non-hydrogen) atoms. The Hall–Kier alpha value is -1.27. The van der Waals surface area contributed by atoms with E-state index in [1.165, 1.54) is 0 Å². The van der Waals surface area contributed by atoms with E-state index < -0.39 is 15.9 Å². The van der Waals surface area contributed by atoms with Crippen LogP contribution in [-0.4, -0.2) is 49.4 Å². The number of ether oxygens (including phenoxy) is 1. The van der Waals surface area contributed by atoms with Crippen LogP contribution in [-0.2, 0) is 14.6 Å². The van der Waals surface area contributed by atoms with Crippen molar-refractivity contribution >= 4 is 27.3 Å². The van der Waals surface area contributed by atoms with E-state index in [1.807, 2.05) is 6.92 Å². The van der Waals surface area contributed by atoms with Gasteiger partial charge >= 0.3 is 0 Å². The Morgan fingerprint density at radius 3 is 2.55 bits per heavy atom. The molecular weight excluding hydrogens is 326 g/mol. The van der Waals surface area contributed by atoms with E-state index in [1.54, 1.807) is 36.1 Å². The fourth-order valence-electron chi connectivity index (χ4n) is 2.62. The highest BCUT2D eigenvalue weighted by atomic mass is 35.5. The smallest absolute Gasteiger partial charge is 0.263 e. The lowest BCUT2D eigenvalue weighted by molar-refractivity contribution is -0.139. The molecule has 1 aliphatic rings. The summed E-state index contributed by atoms with van der Waals surface area (Å²) in [6.07, 6.45) is -0.181. The van der Waals surface area contributed by atoms with Crippen LogP contribution in [0, 0.1) is 0 Å². The third kappa shape index (κ3) is 4.14. The molecule has 1 fully saturated rings. The fourth-order valence-corrected chi connectivity index (χ4v) is 4.47. The monoisotopic (exact) mass is 345 g/mol. The Labute approximate surface area is 136 Å². The Balaban J connectivity index is 2.03. The molecule has 5 nitrogen and oxygen atoms in total. The molecule has 1 saturated heterocycles. The maximum Gasteiger partial charge on any atom is 0.263 e. The number of sulfone groups is 1. The summed E-state index contributed by atoms with van der Waals surface area (Å²) in [7, 11) is -3.02. The van der Waals surface area contributed by atoms with Gasteiger partial charge in [0.05, 0.1) is 11.5 Å². The molecule has 122 valence electrons. The van der Waals surface area contributed by atoms with Crippen molar-refractivity contribution in [3.63, 3.8) is 0 Å². The maximum atomic E-state index is 12.5. The summed E-state index contributed by atoms with van der Waals surface area (Å²) in [5, 5.41) is 0.595. The minimum atomic E-state index is -3.02. The number of hydrogen-bond donors (Lipinski definition) is 0. The van der Waals surface area contributed by atoms with Gasteiger partial charge in [0.25, 0.3) is 5.91 Å². The molecule has 1 aliphatic heterocycles. The van der Waals surface area contributed by atoms with Crippen LogP contribution in [0.2, 0.25) is 5.02 Å². The van der Waals surface area contributed by atoms with Gasteiger partial charge in [-0.2, -0.15) is 0 Å². The number of amides is 1. The zero-order valence-electron chi connectivity index (χ0n) is 12.7. The van der Waals surface area contributed by atoms with Crippen LogP contribution >= 0.6 is 11.6 Å². The van der Waals surface area contributed by atoms with Crippen LogP contribution in [0.4, 0.5) is 0 Å². The van der Waals surface area contributed by atoms with Crippen molar-refractivity contribution < 1.29 is 17.9 Å². The van der Waals surface area contributed by atoms with Gasteiger partial charge in [0.1, 0.15) is 5.75 Å². The highest BCUT2D eigenvalue weighted by Gasteiger charge is 2.35. The van der Waals surface area contributed by atoms with E-state index in [2.05, 4.69) is 0 Å². The molecule has 2 rings (SSSR count). The van der Waals surface area contributed by atoms with E-state index in [9.17, 15) is 13.2 Å². The van der Waals surface area contributed by atoms with Gasteiger partial charge in [-0.15, -0.1) is 0 Å². The molecule has 0 aromatic heterocycles. The summed E-state index contributed by atoms with van der Waals surface area (Å²) < 4.78 is 28.8. The predicted octanol–water partition coefficient (Wildman–Crippen LogP) is 2.14. The normalized spacial score (nSPS) is 21.3. The molecule has 2 unspecified atom stereocenters. The van der Waals surface area contributed by atoms with Gasteiger partial charge in [0.2, 0.25) is 0 Å². The van der Waals surface area contributed by atoms with E-state index >= 15 is 0 Å². The molecule has 0 saturated carbocycles. The quantitative estimate of drug-likeness (QED) is 0.820. The third-order valence-electron chi connectivity index (χ3n) is 3.75.